The molecule has 0 saturated heterocycles. The molecule has 0 saturated carbocycles. The summed E-state index contributed by atoms with van der Waals surface area (Å²) >= 11 is 4.05. The lowest BCUT2D eigenvalue weighted by Crippen LogP contribution is -1.96. The Morgan fingerprint density at radius 3 is 0.820 bits per heavy atom. The third-order valence-electron chi connectivity index (χ3n) is 9.87. The quantitative estimate of drug-likeness (QED) is 0.0722. The lowest BCUT2D eigenvalue weighted by Gasteiger charge is -2.12. The molecule has 0 aliphatic rings. The second-order valence-electron chi connectivity index (χ2n) is 14.9. The van der Waals surface area contributed by atoms with Crippen molar-refractivity contribution in [1.82, 2.24) is 0 Å². The van der Waals surface area contributed by atoms with Gasteiger partial charge in [0.15, 0.2) is 0 Å². The largest absolute Gasteiger partial charge is 0.392 e. The minimum absolute atomic E-state index is 0.110. The van der Waals surface area contributed by atoms with E-state index in [2.05, 4.69) is 82.3 Å². The summed E-state index contributed by atoms with van der Waals surface area (Å²) in [4.78, 5) is 0. The van der Waals surface area contributed by atoms with Gasteiger partial charge in [-0.3, -0.25) is 0 Å². The van der Waals surface area contributed by atoms with Crippen molar-refractivity contribution in [3.8, 4) is 0 Å². The molecule has 1 N–H and O–H groups in total. The highest BCUT2D eigenvalue weighted by atomic mass is 32.2. The van der Waals surface area contributed by atoms with E-state index in [9.17, 15) is 5.11 Å². The first-order chi connectivity index (χ1) is 24.6. The van der Waals surface area contributed by atoms with Crippen LogP contribution in [0.15, 0.2) is 54.6 Å². The number of thioether (sulfide) groups is 2. The van der Waals surface area contributed by atoms with Crippen LogP contribution in [0.3, 0.4) is 0 Å². The number of aryl methyl sites for hydroxylation is 4. The molecule has 0 fully saturated rings. The number of hydrogen-bond donors (Lipinski definition) is 1. The SMILES string of the molecule is CCCCCCc1cc(CCCCCC)cc(CSCc2cc(CO)cc(CSCc3cc(CCCCCC)cc(CCCCCC)c3)c2)c1. The van der Waals surface area contributed by atoms with Gasteiger partial charge in [-0.2, -0.15) is 23.5 Å². The highest BCUT2D eigenvalue weighted by Crippen LogP contribution is 2.27. The van der Waals surface area contributed by atoms with Crippen LogP contribution in [0.2, 0.25) is 0 Å². The van der Waals surface area contributed by atoms with E-state index in [0.717, 1.165) is 28.6 Å². The topological polar surface area (TPSA) is 20.2 Å². The summed E-state index contributed by atoms with van der Waals surface area (Å²) in [5, 5.41) is 10.1. The Morgan fingerprint density at radius 2 is 0.560 bits per heavy atom. The lowest BCUT2D eigenvalue weighted by molar-refractivity contribution is 0.281. The molecular weight excluding hydrogens is 645 g/mol. The van der Waals surface area contributed by atoms with Crippen LogP contribution in [0, 0.1) is 0 Å². The van der Waals surface area contributed by atoms with Crippen LogP contribution in [0.4, 0.5) is 0 Å². The van der Waals surface area contributed by atoms with E-state index >= 15 is 0 Å². The van der Waals surface area contributed by atoms with Gasteiger partial charge in [-0.05, 0) is 101 Å². The summed E-state index contributed by atoms with van der Waals surface area (Å²) in [7, 11) is 0. The first-order valence-electron chi connectivity index (χ1n) is 20.7. The molecule has 278 valence electrons. The minimum Gasteiger partial charge on any atom is -0.392 e. The summed E-state index contributed by atoms with van der Waals surface area (Å²) in [6.45, 7) is 9.30. The molecule has 1 nitrogen and oxygen atoms in total. The van der Waals surface area contributed by atoms with Crippen LogP contribution in [-0.2, 0) is 55.3 Å². The van der Waals surface area contributed by atoms with Gasteiger partial charge < -0.3 is 5.11 Å². The molecule has 50 heavy (non-hydrogen) atoms. The molecule has 0 aliphatic heterocycles. The van der Waals surface area contributed by atoms with Crippen molar-refractivity contribution in [1.29, 1.82) is 0 Å². The third-order valence-corrected chi connectivity index (χ3v) is 12.0. The van der Waals surface area contributed by atoms with E-state index in [0.29, 0.717) is 0 Å². The van der Waals surface area contributed by atoms with Gasteiger partial charge in [0.25, 0.3) is 0 Å². The third kappa shape index (κ3) is 18.2. The molecule has 3 heteroatoms. The molecule has 0 spiro atoms. The maximum atomic E-state index is 10.1. The van der Waals surface area contributed by atoms with Crippen molar-refractivity contribution in [2.24, 2.45) is 0 Å². The van der Waals surface area contributed by atoms with Crippen LogP contribution in [-0.4, -0.2) is 5.11 Å². The van der Waals surface area contributed by atoms with Crippen molar-refractivity contribution < 1.29 is 5.11 Å². The van der Waals surface area contributed by atoms with Crippen LogP contribution >= 0.6 is 23.5 Å². The van der Waals surface area contributed by atoms with Crippen molar-refractivity contribution in [2.45, 2.75) is 186 Å². The maximum absolute atomic E-state index is 10.1. The Hall–Kier alpha value is -1.68. The van der Waals surface area contributed by atoms with E-state index in [-0.39, 0.29) is 6.61 Å². The Morgan fingerprint density at radius 1 is 0.320 bits per heavy atom. The van der Waals surface area contributed by atoms with E-state index < -0.39 is 0 Å². The molecule has 3 rings (SSSR count). The first-order valence-corrected chi connectivity index (χ1v) is 23.0. The molecule has 3 aromatic rings. The highest BCUT2D eigenvalue weighted by molar-refractivity contribution is 7.98. The molecule has 0 aliphatic carbocycles. The number of benzene rings is 3. The molecule has 0 amide bonds. The van der Waals surface area contributed by atoms with Crippen LogP contribution < -0.4 is 0 Å². The second kappa shape index (κ2) is 27.0. The van der Waals surface area contributed by atoms with E-state index in [1.807, 2.05) is 23.5 Å². The summed E-state index contributed by atoms with van der Waals surface area (Å²) in [6.07, 6.45) is 26.0. The van der Waals surface area contributed by atoms with Crippen LogP contribution in [0.25, 0.3) is 0 Å². The molecule has 0 heterocycles. The summed E-state index contributed by atoms with van der Waals surface area (Å²) in [6, 6.07) is 21.8. The first kappa shape index (κ1) is 42.7. The highest BCUT2D eigenvalue weighted by Gasteiger charge is 2.08. The zero-order valence-corrected chi connectivity index (χ0v) is 34.3. The fourth-order valence-corrected chi connectivity index (χ4v) is 8.93. The van der Waals surface area contributed by atoms with Gasteiger partial charge in [0.2, 0.25) is 0 Å². The monoisotopic (exact) mass is 717 g/mol. The fourth-order valence-electron chi connectivity index (χ4n) is 7.12. The Balaban J connectivity index is 1.60. The van der Waals surface area contributed by atoms with Gasteiger partial charge in [0, 0.05) is 23.0 Å². The van der Waals surface area contributed by atoms with Gasteiger partial charge >= 0.3 is 0 Å². The number of rotatable bonds is 29. The average molecular weight is 717 g/mol. The number of unbranched alkanes of at least 4 members (excludes halogenated alkanes) is 12. The van der Waals surface area contributed by atoms with Crippen LogP contribution in [0.5, 0.6) is 0 Å². The fraction of sp³-hybridized carbons (Fsp3) is 0.617. The van der Waals surface area contributed by atoms with Gasteiger partial charge in [-0.15, -0.1) is 0 Å². The van der Waals surface area contributed by atoms with E-state index in [1.165, 1.54) is 173 Å². The molecule has 0 unspecified atom stereocenters. The number of aliphatic hydroxyl groups is 1. The normalized spacial score (nSPS) is 11.5. The Kier molecular flexibility index (Phi) is 23.1. The zero-order valence-electron chi connectivity index (χ0n) is 32.6. The molecule has 0 bridgehead atoms. The van der Waals surface area contributed by atoms with Gasteiger partial charge in [0.1, 0.15) is 0 Å². The van der Waals surface area contributed by atoms with Gasteiger partial charge in [-0.1, -0.05) is 159 Å². The van der Waals surface area contributed by atoms with Crippen molar-refractivity contribution in [2.75, 3.05) is 0 Å². The zero-order chi connectivity index (χ0) is 35.7. The number of aliphatic hydroxyl groups excluding tert-OH is 1. The summed E-state index contributed by atoms with van der Waals surface area (Å²) in [5.41, 5.74) is 12.9. The van der Waals surface area contributed by atoms with E-state index in [4.69, 9.17) is 0 Å². The van der Waals surface area contributed by atoms with Gasteiger partial charge in [-0.25, -0.2) is 0 Å². The second-order valence-corrected chi connectivity index (χ2v) is 16.8. The lowest BCUT2D eigenvalue weighted by atomic mass is 9.98. The Labute approximate surface area is 317 Å². The molecular formula is C47H72OS2. The maximum Gasteiger partial charge on any atom is 0.0682 e. The summed E-state index contributed by atoms with van der Waals surface area (Å²) < 4.78 is 0. The molecule has 0 radical (unpaired) electrons. The predicted molar refractivity (Wildman–Crippen MR) is 227 cm³/mol. The Bertz CT molecular complexity index is 1160. The number of hydrogen-bond acceptors (Lipinski definition) is 3. The smallest absolute Gasteiger partial charge is 0.0682 e. The summed E-state index contributed by atoms with van der Waals surface area (Å²) in [5.74, 6) is 4.07. The van der Waals surface area contributed by atoms with Crippen LogP contribution in [0.1, 0.15) is 180 Å². The predicted octanol–water partition coefficient (Wildman–Crippen LogP) is 14.5. The van der Waals surface area contributed by atoms with Crippen molar-refractivity contribution in [3.63, 3.8) is 0 Å². The molecule has 0 aromatic heterocycles. The average Bonchev–Trinajstić information content (AvgIpc) is 3.12. The van der Waals surface area contributed by atoms with E-state index in [1.54, 1.807) is 0 Å². The van der Waals surface area contributed by atoms with Gasteiger partial charge in [0.05, 0.1) is 6.61 Å². The van der Waals surface area contributed by atoms with Crippen molar-refractivity contribution >= 4 is 23.5 Å². The molecule has 3 aromatic carbocycles. The molecule has 0 atom stereocenters. The standard InChI is InChI=1S/C47H72OS2/c1-5-9-13-17-21-39-25-40(22-18-14-10-6-2)28-44(27-39)35-49-37-46-31-43(34-48)32-47(33-46)38-50-36-45-29-41(23-19-15-11-7-3)26-42(30-45)24-20-16-12-8-4/h25-33,48H,5-24,34-38H2,1-4H3. The minimum atomic E-state index is 0.110. The van der Waals surface area contributed by atoms with Crippen molar-refractivity contribution in [3.05, 3.63) is 105 Å².